The van der Waals surface area contributed by atoms with Gasteiger partial charge in [0, 0.05) is 35.5 Å². The Morgan fingerprint density at radius 2 is 2.19 bits per heavy atom. The van der Waals surface area contributed by atoms with E-state index < -0.39 is 0 Å². The van der Waals surface area contributed by atoms with E-state index in [4.69, 9.17) is 0 Å². The van der Waals surface area contributed by atoms with E-state index >= 15 is 0 Å². The molecule has 3 heterocycles. The number of nitrogens with zero attached hydrogens (tertiary/aromatic N) is 3. The van der Waals surface area contributed by atoms with Gasteiger partial charge in [-0.1, -0.05) is 18.7 Å². The smallest absolute Gasteiger partial charge is 0.258 e. The number of rotatable bonds is 6. The zero-order chi connectivity index (χ0) is 18.8. The topological polar surface area (TPSA) is 76.4 Å². The number of benzene rings is 1. The lowest BCUT2D eigenvalue weighted by molar-refractivity contribution is -0.116. The van der Waals surface area contributed by atoms with Gasteiger partial charge in [0.15, 0.2) is 9.30 Å². The Labute approximate surface area is 167 Å². The number of carbonyl (C=O) groups excluding carboxylic acids is 1. The van der Waals surface area contributed by atoms with Crippen molar-refractivity contribution < 1.29 is 4.79 Å². The van der Waals surface area contributed by atoms with Crippen LogP contribution in [0.4, 0.5) is 5.69 Å². The Kier molecular flexibility index (Phi) is 5.24. The maximum atomic E-state index is 12.1. The van der Waals surface area contributed by atoms with E-state index in [2.05, 4.69) is 15.3 Å². The number of hydrogen-bond acceptors (Lipinski definition) is 7. The molecule has 0 atom stereocenters. The van der Waals surface area contributed by atoms with Crippen LogP contribution in [0.2, 0.25) is 0 Å². The van der Waals surface area contributed by atoms with E-state index in [-0.39, 0.29) is 11.5 Å². The lowest BCUT2D eigenvalue weighted by atomic mass is 10.2. The van der Waals surface area contributed by atoms with Gasteiger partial charge in [-0.25, -0.2) is 9.97 Å². The van der Waals surface area contributed by atoms with Crippen molar-refractivity contribution in [1.29, 1.82) is 0 Å². The summed E-state index contributed by atoms with van der Waals surface area (Å²) in [4.78, 5) is 33.7. The Hall–Kier alpha value is -2.23. The normalized spacial score (nSPS) is 11.3. The zero-order valence-electron chi connectivity index (χ0n) is 14.5. The predicted molar refractivity (Wildman–Crippen MR) is 112 cm³/mol. The Morgan fingerprint density at radius 3 is 3.04 bits per heavy atom. The zero-order valence-corrected chi connectivity index (χ0v) is 16.9. The molecule has 0 unspecified atom stereocenters. The molecule has 0 bridgehead atoms. The molecule has 9 heteroatoms. The quantitative estimate of drug-likeness (QED) is 0.472. The van der Waals surface area contributed by atoms with E-state index in [0.29, 0.717) is 17.1 Å². The lowest BCUT2D eigenvalue weighted by Gasteiger charge is -2.03. The van der Waals surface area contributed by atoms with Gasteiger partial charge in [-0.15, -0.1) is 22.7 Å². The third kappa shape index (κ3) is 4.05. The van der Waals surface area contributed by atoms with E-state index in [1.807, 2.05) is 30.5 Å². The van der Waals surface area contributed by atoms with E-state index in [1.165, 1.54) is 11.3 Å². The summed E-state index contributed by atoms with van der Waals surface area (Å²) in [6, 6.07) is 7.31. The minimum Gasteiger partial charge on any atom is -0.326 e. The molecule has 4 aromatic rings. The van der Waals surface area contributed by atoms with Gasteiger partial charge in [0.2, 0.25) is 5.91 Å². The number of nitrogens with one attached hydrogen (secondary N) is 1. The molecule has 0 saturated heterocycles. The standard InChI is InChI=1S/C18H16N4O2S3/c1-2-3-15(23)19-11-4-5-13-14(8-11)27-18(21-13)26-10-12-9-16(24)22-6-7-25-17(22)20-12/h4-9H,2-3,10H2,1H3,(H,19,23). The third-order valence-electron chi connectivity index (χ3n) is 3.83. The average Bonchev–Trinajstić information content (AvgIpc) is 3.26. The molecule has 0 fully saturated rings. The van der Waals surface area contributed by atoms with Crippen molar-refractivity contribution >= 4 is 61.2 Å². The van der Waals surface area contributed by atoms with Crippen LogP contribution in [-0.4, -0.2) is 20.3 Å². The largest absolute Gasteiger partial charge is 0.326 e. The minimum absolute atomic E-state index is 0.0253. The first-order chi connectivity index (χ1) is 13.1. The molecule has 1 aromatic carbocycles. The maximum Gasteiger partial charge on any atom is 0.258 e. The summed E-state index contributed by atoms with van der Waals surface area (Å²) in [5, 5.41) is 4.76. The van der Waals surface area contributed by atoms with Crippen molar-refractivity contribution in [2.45, 2.75) is 29.9 Å². The molecule has 27 heavy (non-hydrogen) atoms. The summed E-state index contributed by atoms with van der Waals surface area (Å²) in [6.45, 7) is 1.98. The minimum atomic E-state index is -0.0615. The molecule has 0 aliphatic carbocycles. The molecule has 0 spiro atoms. The number of amides is 1. The van der Waals surface area contributed by atoms with Crippen LogP contribution in [0.25, 0.3) is 15.2 Å². The number of fused-ring (bicyclic) bond motifs is 2. The molecule has 0 aliphatic heterocycles. The summed E-state index contributed by atoms with van der Waals surface area (Å²) < 4.78 is 3.48. The summed E-state index contributed by atoms with van der Waals surface area (Å²) in [5.74, 6) is 0.612. The van der Waals surface area contributed by atoms with Crippen LogP contribution in [0.1, 0.15) is 25.5 Å². The number of thioether (sulfide) groups is 1. The van der Waals surface area contributed by atoms with Crippen molar-refractivity contribution in [1.82, 2.24) is 14.4 Å². The average molecular weight is 417 g/mol. The molecular weight excluding hydrogens is 400 g/mol. The Balaban J connectivity index is 1.50. The summed E-state index contributed by atoms with van der Waals surface area (Å²) in [5.41, 5.74) is 2.38. The van der Waals surface area contributed by atoms with Gasteiger partial charge in [-0.3, -0.25) is 14.0 Å². The van der Waals surface area contributed by atoms with E-state index in [0.717, 1.165) is 32.4 Å². The fourth-order valence-corrected chi connectivity index (χ4v) is 5.33. The molecule has 1 N–H and O–H groups in total. The number of carbonyl (C=O) groups is 1. The van der Waals surface area contributed by atoms with Crippen molar-refractivity contribution in [3.05, 3.63) is 51.9 Å². The maximum absolute atomic E-state index is 12.1. The molecule has 0 radical (unpaired) electrons. The summed E-state index contributed by atoms with van der Waals surface area (Å²) >= 11 is 4.58. The van der Waals surface area contributed by atoms with Crippen LogP contribution < -0.4 is 10.9 Å². The molecule has 3 aromatic heterocycles. The van der Waals surface area contributed by atoms with Gasteiger partial charge >= 0.3 is 0 Å². The van der Waals surface area contributed by atoms with Gasteiger partial charge in [-0.2, -0.15) is 0 Å². The van der Waals surface area contributed by atoms with Crippen LogP contribution >= 0.6 is 34.4 Å². The fraction of sp³-hybridized carbons (Fsp3) is 0.222. The lowest BCUT2D eigenvalue weighted by Crippen LogP contribution is -2.12. The first-order valence-corrected chi connectivity index (χ1v) is 11.1. The van der Waals surface area contributed by atoms with Crippen molar-refractivity contribution in [2.24, 2.45) is 0 Å². The van der Waals surface area contributed by atoms with Gasteiger partial charge in [0.25, 0.3) is 5.56 Å². The number of hydrogen-bond donors (Lipinski definition) is 1. The molecule has 6 nitrogen and oxygen atoms in total. The highest BCUT2D eigenvalue weighted by Crippen LogP contribution is 2.32. The van der Waals surface area contributed by atoms with Crippen LogP contribution in [-0.2, 0) is 10.5 Å². The molecule has 138 valence electrons. The van der Waals surface area contributed by atoms with Crippen molar-refractivity contribution in [3.63, 3.8) is 0 Å². The second-order valence-electron chi connectivity index (χ2n) is 5.89. The second kappa shape index (κ2) is 7.79. The number of aromatic nitrogens is 3. The second-order valence-corrected chi connectivity index (χ2v) is 9.02. The van der Waals surface area contributed by atoms with Crippen LogP contribution in [0.3, 0.4) is 0 Å². The van der Waals surface area contributed by atoms with Gasteiger partial charge in [-0.05, 0) is 24.6 Å². The SMILES string of the molecule is CCCC(=O)Nc1ccc2nc(SCc3cc(=O)n4ccsc4n3)sc2c1. The molecule has 4 rings (SSSR count). The van der Waals surface area contributed by atoms with Gasteiger partial charge < -0.3 is 5.32 Å². The fourth-order valence-electron chi connectivity index (χ4n) is 2.59. The number of thiazole rings is 2. The predicted octanol–water partition coefficient (Wildman–Crippen LogP) is 4.40. The van der Waals surface area contributed by atoms with Crippen LogP contribution in [0, 0.1) is 0 Å². The monoisotopic (exact) mass is 416 g/mol. The first-order valence-electron chi connectivity index (χ1n) is 8.41. The molecule has 0 aliphatic rings. The van der Waals surface area contributed by atoms with E-state index in [1.54, 1.807) is 39.8 Å². The highest BCUT2D eigenvalue weighted by atomic mass is 32.2. The highest BCUT2D eigenvalue weighted by molar-refractivity contribution is 8.00. The molecular formula is C18H16N4O2S3. The van der Waals surface area contributed by atoms with Crippen LogP contribution in [0.5, 0.6) is 0 Å². The summed E-state index contributed by atoms with van der Waals surface area (Å²) in [7, 11) is 0. The number of anilines is 1. The van der Waals surface area contributed by atoms with Gasteiger partial charge in [0.05, 0.1) is 15.9 Å². The first kappa shape index (κ1) is 18.1. The van der Waals surface area contributed by atoms with Crippen LogP contribution in [0.15, 0.2) is 45.0 Å². The molecule has 0 saturated carbocycles. The third-order valence-corrected chi connectivity index (χ3v) is 6.78. The van der Waals surface area contributed by atoms with E-state index in [9.17, 15) is 9.59 Å². The van der Waals surface area contributed by atoms with Crippen molar-refractivity contribution in [3.8, 4) is 0 Å². The molecule has 1 amide bonds. The van der Waals surface area contributed by atoms with Crippen molar-refractivity contribution in [2.75, 3.05) is 5.32 Å². The Morgan fingerprint density at radius 1 is 1.30 bits per heavy atom. The highest BCUT2D eigenvalue weighted by Gasteiger charge is 2.09. The van der Waals surface area contributed by atoms with Gasteiger partial charge in [0.1, 0.15) is 0 Å². The Bertz CT molecular complexity index is 1180. The summed E-state index contributed by atoms with van der Waals surface area (Å²) in [6.07, 6.45) is 3.07.